The standard InChI is InChI=1S/C20H22N2O3S2/c1-22-13-20(21-14-22)27(23,24)17-8-5-15(6-9-17)12-16-7-10-19(26-16)18-4-2-3-11-25-18/h5-10,13-14,18H,2-4,11-12H2,1H3. The minimum atomic E-state index is -3.56. The van der Waals surface area contributed by atoms with Crippen LogP contribution in [0.25, 0.3) is 0 Å². The summed E-state index contributed by atoms with van der Waals surface area (Å²) in [6.07, 6.45) is 7.52. The molecule has 5 nitrogen and oxygen atoms in total. The van der Waals surface area contributed by atoms with Crippen molar-refractivity contribution in [3.05, 3.63) is 64.2 Å². The monoisotopic (exact) mass is 402 g/mol. The molecule has 2 aromatic heterocycles. The second-order valence-electron chi connectivity index (χ2n) is 6.86. The van der Waals surface area contributed by atoms with Gasteiger partial charge in [-0.2, -0.15) is 0 Å². The molecule has 142 valence electrons. The summed E-state index contributed by atoms with van der Waals surface area (Å²) in [6, 6.07) is 11.4. The molecule has 0 radical (unpaired) electrons. The molecule has 0 aliphatic carbocycles. The molecular weight excluding hydrogens is 380 g/mol. The fourth-order valence-corrected chi connectivity index (χ4v) is 5.62. The summed E-state index contributed by atoms with van der Waals surface area (Å²) in [5.41, 5.74) is 1.09. The third-order valence-corrected chi connectivity index (χ3v) is 7.58. The van der Waals surface area contributed by atoms with Gasteiger partial charge in [0.05, 0.1) is 17.3 Å². The molecule has 1 aliphatic heterocycles. The molecule has 0 amide bonds. The van der Waals surface area contributed by atoms with Crippen molar-refractivity contribution >= 4 is 21.2 Å². The van der Waals surface area contributed by atoms with E-state index in [0.717, 1.165) is 31.4 Å². The Morgan fingerprint density at radius 1 is 1.19 bits per heavy atom. The molecule has 4 rings (SSSR count). The quantitative estimate of drug-likeness (QED) is 0.643. The molecule has 0 spiro atoms. The molecule has 1 saturated heterocycles. The van der Waals surface area contributed by atoms with Gasteiger partial charge in [-0.1, -0.05) is 12.1 Å². The SMILES string of the molecule is Cn1cnc(S(=O)(=O)c2ccc(Cc3ccc(C4CCCCO4)s3)cc2)c1. The zero-order valence-electron chi connectivity index (χ0n) is 15.2. The molecule has 27 heavy (non-hydrogen) atoms. The second kappa shape index (κ2) is 7.58. The van der Waals surface area contributed by atoms with E-state index in [1.165, 1.54) is 28.7 Å². The number of imidazole rings is 1. The fraction of sp³-hybridized carbons (Fsp3) is 0.350. The van der Waals surface area contributed by atoms with E-state index in [1.54, 1.807) is 35.1 Å². The van der Waals surface area contributed by atoms with Gasteiger partial charge in [-0.15, -0.1) is 11.3 Å². The third-order valence-electron chi connectivity index (χ3n) is 4.75. The van der Waals surface area contributed by atoms with Crippen molar-refractivity contribution in [2.45, 2.75) is 41.7 Å². The maximum Gasteiger partial charge on any atom is 0.225 e. The predicted molar refractivity (Wildman–Crippen MR) is 105 cm³/mol. The van der Waals surface area contributed by atoms with Crippen molar-refractivity contribution in [2.24, 2.45) is 7.05 Å². The Balaban J connectivity index is 1.47. The fourth-order valence-electron chi connectivity index (χ4n) is 3.26. The second-order valence-corrected chi connectivity index (χ2v) is 9.96. The van der Waals surface area contributed by atoms with Gasteiger partial charge in [0.2, 0.25) is 9.84 Å². The predicted octanol–water partition coefficient (Wildman–Crippen LogP) is 4.15. The molecule has 3 aromatic rings. The Kier molecular flexibility index (Phi) is 5.16. The number of aromatic nitrogens is 2. The molecule has 1 aliphatic rings. The largest absolute Gasteiger partial charge is 0.373 e. The Hall–Kier alpha value is -1.96. The lowest BCUT2D eigenvalue weighted by Crippen LogP contribution is -2.09. The molecule has 7 heteroatoms. The van der Waals surface area contributed by atoms with Gasteiger partial charge < -0.3 is 9.30 Å². The number of sulfone groups is 1. The van der Waals surface area contributed by atoms with E-state index < -0.39 is 9.84 Å². The summed E-state index contributed by atoms with van der Waals surface area (Å²) in [6.45, 7) is 0.851. The molecule has 1 atom stereocenters. The number of nitrogens with zero attached hydrogens (tertiary/aromatic N) is 2. The summed E-state index contributed by atoms with van der Waals surface area (Å²) in [5.74, 6) is 0. The molecule has 0 N–H and O–H groups in total. The van der Waals surface area contributed by atoms with Gasteiger partial charge in [0.1, 0.15) is 0 Å². The molecule has 1 unspecified atom stereocenters. The molecule has 1 aromatic carbocycles. The average molecular weight is 403 g/mol. The summed E-state index contributed by atoms with van der Waals surface area (Å²) >= 11 is 1.79. The lowest BCUT2D eigenvalue weighted by atomic mass is 10.1. The number of ether oxygens (including phenoxy) is 1. The van der Waals surface area contributed by atoms with Gasteiger partial charge in [0.15, 0.2) is 5.03 Å². The number of hydrogen-bond acceptors (Lipinski definition) is 5. The third kappa shape index (κ3) is 4.00. The first-order valence-electron chi connectivity index (χ1n) is 9.04. The Bertz CT molecular complexity index is 1010. The lowest BCUT2D eigenvalue weighted by molar-refractivity contribution is 0.0172. The smallest absolute Gasteiger partial charge is 0.225 e. The summed E-state index contributed by atoms with van der Waals surface area (Å²) < 4.78 is 32.7. The Labute approximate surface area is 163 Å². The van der Waals surface area contributed by atoms with E-state index in [1.807, 2.05) is 12.1 Å². The maximum atomic E-state index is 12.6. The molecule has 0 bridgehead atoms. The van der Waals surface area contributed by atoms with Gasteiger partial charge in [0.25, 0.3) is 0 Å². The maximum absolute atomic E-state index is 12.6. The minimum Gasteiger partial charge on any atom is -0.373 e. The highest BCUT2D eigenvalue weighted by Gasteiger charge is 2.20. The van der Waals surface area contributed by atoms with Crippen molar-refractivity contribution in [3.8, 4) is 0 Å². The zero-order valence-corrected chi connectivity index (χ0v) is 16.8. The van der Waals surface area contributed by atoms with Crippen LogP contribution in [-0.2, 0) is 28.0 Å². The number of aryl methyl sites for hydroxylation is 1. The van der Waals surface area contributed by atoms with E-state index in [-0.39, 0.29) is 16.0 Å². The highest BCUT2D eigenvalue weighted by atomic mass is 32.2. The van der Waals surface area contributed by atoms with Crippen LogP contribution in [0.1, 0.15) is 40.7 Å². The number of benzene rings is 1. The van der Waals surface area contributed by atoms with Crippen LogP contribution in [0.4, 0.5) is 0 Å². The van der Waals surface area contributed by atoms with Gasteiger partial charge in [-0.25, -0.2) is 13.4 Å². The average Bonchev–Trinajstić information content (AvgIpc) is 3.32. The minimum absolute atomic E-state index is 0.0770. The van der Waals surface area contributed by atoms with Crippen LogP contribution in [0.15, 0.2) is 58.8 Å². The summed E-state index contributed by atoms with van der Waals surface area (Å²) in [5, 5.41) is 0.0770. The van der Waals surface area contributed by atoms with Crippen molar-refractivity contribution in [2.75, 3.05) is 6.61 Å². The number of hydrogen-bond donors (Lipinski definition) is 0. The van der Waals surface area contributed by atoms with Crippen molar-refractivity contribution in [1.29, 1.82) is 0 Å². The van der Waals surface area contributed by atoms with Crippen molar-refractivity contribution in [1.82, 2.24) is 9.55 Å². The van der Waals surface area contributed by atoms with Crippen LogP contribution >= 0.6 is 11.3 Å². The molecule has 1 fully saturated rings. The van der Waals surface area contributed by atoms with E-state index in [4.69, 9.17) is 4.74 Å². The number of rotatable bonds is 5. The van der Waals surface area contributed by atoms with Crippen LogP contribution < -0.4 is 0 Å². The van der Waals surface area contributed by atoms with Crippen LogP contribution in [0.2, 0.25) is 0 Å². The summed E-state index contributed by atoms with van der Waals surface area (Å²) in [7, 11) is -1.81. The number of thiophene rings is 1. The van der Waals surface area contributed by atoms with E-state index in [2.05, 4.69) is 17.1 Å². The zero-order chi connectivity index (χ0) is 18.9. The first-order chi connectivity index (χ1) is 13.0. The lowest BCUT2D eigenvalue weighted by Gasteiger charge is -2.21. The highest BCUT2D eigenvalue weighted by Crippen LogP contribution is 2.33. The Morgan fingerprint density at radius 2 is 2.00 bits per heavy atom. The molecule has 3 heterocycles. The first kappa shape index (κ1) is 18.4. The van der Waals surface area contributed by atoms with Gasteiger partial charge in [-0.05, 0) is 49.1 Å². The molecule has 0 saturated carbocycles. The summed E-state index contributed by atoms with van der Waals surface area (Å²) in [4.78, 5) is 6.79. The topological polar surface area (TPSA) is 61.2 Å². The van der Waals surface area contributed by atoms with Crippen LogP contribution in [0.5, 0.6) is 0 Å². The van der Waals surface area contributed by atoms with Crippen LogP contribution in [-0.4, -0.2) is 24.6 Å². The van der Waals surface area contributed by atoms with Crippen LogP contribution in [0, 0.1) is 0 Å². The van der Waals surface area contributed by atoms with E-state index in [9.17, 15) is 8.42 Å². The van der Waals surface area contributed by atoms with Gasteiger partial charge in [0, 0.05) is 36.0 Å². The van der Waals surface area contributed by atoms with Gasteiger partial charge >= 0.3 is 0 Å². The highest BCUT2D eigenvalue weighted by molar-refractivity contribution is 7.91. The van der Waals surface area contributed by atoms with Crippen molar-refractivity contribution in [3.63, 3.8) is 0 Å². The van der Waals surface area contributed by atoms with Crippen LogP contribution in [0.3, 0.4) is 0 Å². The van der Waals surface area contributed by atoms with E-state index >= 15 is 0 Å². The normalized spacial score (nSPS) is 17.9. The molecular formula is C20H22N2O3S2. The van der Waals surface area contributed by atoms with E-state index in [0.29, 0.717) is 0 Å². The van der Waals surface area contributed by atoms with Crippen molar-refractivity contribution < 1.29 is 13.2 Å². The first-order valence-corrected chi connectivity index (χ1v) is 11.3. The Morgan fingerprint density at radius 3 is 2.67 bits per heavy atom. The van der Waals surface area contributed by atoms with Gasteiger partial charge in [-0.3, -0.25) is 0 Å².